The van der Waals surface area contributed by atoms with Gasteiger partial charge in [-0.1, -0.05) is 19.4 Å². The Bertz CT molecular complexity index is 338. The summed E-state index contributed by atoms with van der Waals surface area (Å²) in [6, 6.07) is 0. The van der Waals surface area contributed by atoms with Crippen molar-refractivity contribution in [3.05, 3.63) is 11.6 Å². The van der Waals surface area contributed by atoms with Crippen LogP contribution >= 0.6 is 0 Å². The largest absolute Gasteiger partial charge is 0.353 e. The Kier molecular flexibility index (Phi) is 4.23. The van der Waals surface area contributed by atoms with E-state index in [0.717, 1.165) is 32.5 Å². The van der Waals surface area contributed by atoms with Crippen molar-refractivity contribution in [1.82, 2.24) is 0 Å². The average Bonchev–Trinajstić information content (AvgIpc) is 2.33. The molecule has 0 radical (unpaired) electrons. The van der Waals surface area contributed by atoms with Crippen molar-refractivity contribution in [2.24, 2.45) is 11.3 Å². The van der Waals surface area contributed by atoms with Gasteiger partial charge in [-0.15, -0.1) is 0 Å². The predicted molar refractivity (Wildman–Crippen MR) is 70.2 cm³/mol. The normalized spacial score (nSPS) is 33.2. The van der Waals surface area contributed by atoms with Gasteiger partial charge in [-0.25, -0.2) is 0 Å². The molecule has 0 aromatic rings. The third kappa shape index (κ3) is 3.01. The first-order valence-corrected chi connectivity index (χ1v) is 6.95. The van der Waals surface area contributed by atoms with E-state index in [4.69, 9.17) is 9.47 Å². The molecule has 2 rings (SSSR count). The molecule has 2 atom stereocenters. The lowest BCUT2D eigenvalue weighted by molar-refractivity contribution is -0.177. The molecular weight excluding hydrogens is 228 g/mol. The molecular formula is C15H24O3. The van der Waals surface area contributed by atoms with Crippen molar-refractivity contribution in [3.8, 4) is 0 Å². The van der Waals surface area contributed by atoms with E-state index >= 15 is 0 Å². The van der Waals surface area contributed by atoms with Gasteiger partial charge in [0.25, 0.3) is 0 Å². The second-order valence-electron chi connectivity index (χ2n) is 6.03. The lowest BCUT2D eigenvalue weighted by Gasteiger charge is -2.47. The molecule has 2 aliphatic rings. The van der Waals surface area contributed by atoms with Gasteiger partial charge in [-0.2, -0.15) is 0 Å². The molecule has 0 N–H and O–H groups in total. The highest BCUT2D eigenvalue weighted by Gasteiger charge is 2.43. The van der Waals surface area contributed by atoms with Crippen LogP contribution in [-0.2, 0) is 14.3 Å². The van der Waals surface area contributed by atoms with Gasteiger partial charge in [-0.05, 0) is 50.0 Å². The first-order valence-electron chi connectivity index (χ1n) is 6.95. The molecule has 0 bridgehead atoms. The number of ether oxygens (including phenoxy) is 2. The molecule has 1 aliphatic carbocycles. The summed E-state index contributed by atoms with van der Waals surface area (Å²) in [6.07, 6.45) is 6.14. The first-order chi connectivity index (χ1) is 8.50. The third-order valence-corrected chi connectivity index (χ3v) is 4.31. The monoisotopic (exact) mass is 252 g/mol. The molecule has 3 heteroatoms. The molecule has 1 aliphatic heterocycles. The fourth-order valence-corrected chi connectivity index (χ4v) is 2.74. The molecule has 3 nitrogen and oxygen atoms in total. The van der Waals surface area contributed by atoms with Crippen molar-refractivity contribution in [2.75, 3.05) is 13.2 Å². The van der Waals surface area contributed by atoms with Crippen LogP contribution in [0.25, 0.3) is 0 Å². The minimum absolute atomic E-state index is 0.00427. The Morgan fingerprint density at radius 1 is 1.50 bits per heavy atom. The quantitative estimate of drug-likeness (QED) is 0.721. The number of carbonyl (C=O) groups excluding carboxylic acids is 1. The van der Waals surface area contributed by atoms with Crippen LogP contribution in [0.5, 0.6) is 0 Å². The molecule has 1 heterocycles. The summed E-state index contributed by atoms with van der Waals surface area (Å²) < 4.78 is 11.4. The van der Waals surface area contributed by atoms with E-state index in [-0.39, 0.29) is 17.5 Å². The Morgan fingerprint density at radius 3 is 2.83 bits per heavy atom. The molecule has 1 saturated carbocycles. The van der Waals surface area contributed by atoms with Crippen LogP contribution in [0.2, 0.25) is 0 Å². The molecule has 0 aromatic heterocycles. The zero-order chi connectivity index (χ0) is 13.2. The molecule has 0 aromatic carbocycles. The summed E-state index contributed by atoms with van der Waals surface area (Å²) in [6.45, 7) is 7.58. The summed E-state index contributed by atoms with van der Waals surface area (Å²) in [4.78, 5) is 11.1. The summed E-state index contributed by atoms with van der Waals surface area (Å²) in [5, 5.41) is 0. The molecule has 2 fully saturated rings. The zero-order valence-electron chi connectivity index (χ0n) is 11.7. The Labute approximate surface area is 110 Å². The topological polar surface area (TPSA) is 35.5 Å². The Morgan fingerprint density at radius 2 is 2.28 bits per heavy atom. The zero-order valence-corrected chi connectivity index (χ0v) is 11.7. The van der Waals surface area contributed by atoms with Crippen molar-refractivity contribution in [3.63, 3.8) is 0 Å². The van der Waals surface area contributed by atoms with Gasteiger partial charge in [-0.3, -0.25) is 4.79 Å². The van der Waals surface area contributed by atoms with E-state index in [2.05, 4.69) is 13.8 Å². The number of allylic oxidation sites excluding steroid dienone is 2. The molecule has 0 amide bonds. The SMILES string of the molecule is CC(=O)C=C1CC(COC2CCCCO2)C1(C)C. The van der Waals surface area contributed by atoms with Crippen molar-refractivity contribution in [1.29, 1.82) is 0 Å². The fourth-order valence-electron chi connectivity index (χ4n) is 2.74. The number of ketones is 1. The lowest BCUT2D eigenvalue weighted by atomic mass is 9.58. The lowest BCUT2D eigenvalue weighted by Crippen LogP contribution is -2.42. The molecule has 102 valence electrons. The second-order valence-corrected chi connectivity index (χ2v) is 6.03. The minimum Gasteiger partial charge on any atom is -0.353 e. The van der Waals surface area contributed by atoms with Gasteiger partial charge in [0, 0.05) is 6.61 Å². The predicted octanol–water partition coefficient (Wildman–Crippen LogP) is 3.09. The summed E-state index contributed by atoms with van der Waals surface area (Å²) >= 11 is 0. The van der Waals surface area contributed by atoms with E-state index in [1.54, 1.807) is 13.0 Å². The first kappa shape index (κ1) is 13.8. The van der Waals surface area contributed by atoms with Gasteiger partial charge >= 0.3 is 0 Å². The third-order valence-electron chi connectivity index (χ3n) is 4.31. The number of rotatable bonds is 4. The van der Waals surface area contributed by atoms with E-state index < -0.39 is 0 Å². The standard InChI is InChI=1S/C15H24O3/c1-11(16)8-12-9-13(15(12,2)3)10-18-14-6-4-5-7-17-14/h8,13-14H,4-7,9-10H2,1-3H3. The highest BCUT2D eigenvalue weighted by atomic mass is 16.7. The van der Waals surface area contributed by atoms with Crippen LogP contribution in [-0.4, -0.2) is 25.3 Å². The van der Waals surface area contributed by atoms with Gasteiger partial charge in [0.1, 0.15) is 0 Å². The number of carbonyl (C=O) groups is 1. The maximum atomic E-state index is 11.1. The molecule has 18 heavy (non-hydrogen) atoms. The molecule has 1 saturated heterocycles. The van der Waals surface area contributed by atoms with Crippen LogP contribution in [0.15, 0.2) is 11.6 Å². The second kappa shape index (κ2) is 5.54. The Balaban J connectivity index is 1.80. The number of hydrogen-bond acceptors (Lipinski definition) is 3. The van der Waals surface area contributed by atoms with Crippen molar-refractivity contribution in [2.45, 2.75) is 52.7 Å². The summed E-state index contributed by atoms with van der Waals surface area (Å²) in [7, 11) is 0. The van der Waals surface area contributed by atoms with Crippen LogP contribution < -0.4 is 0 Å². The van der Waals surface area contributed by atoms with E-state index in [1.807, 2.05) is 0 Å². The molecule has 2 unspecified atom stereocenters. The van der Waals surface area contributed by atoms with Crippen molar-refractivity contribution < 1.29 is 14.3 Å². The maximum absolute atomic E-state index is 11.1. The van der Waals surface area contributed by atoms with E-state index in [1.165, 1.54) is 12.0 Å². The van der Waals surface area contributed by atoms with E-state index in [0.29, 0.717) is 5.92 Å². The molecule has 0 spiro atoms. The smallest absolute Gasteiger partial charge is 0.157 e. The highest BCUT2D eigenvalue weighted by Crippen LogP contribution is 2.51. The van der Waals surface area contributed by atoms with Crippen molar-refractivity contribution >= 4 is 5.78 Å². The van der Waals surface area contributed by atoms with Gasteiger partial charge in [0.2, 0.25) is 0 Å². The van der Waals surface area contributed by atoms with Crippen LogP contribution in [0, 0.1) is 11.3 Å². The fraction of sp³-hybridized carbons (Fsp3) is 0.800. The number of hydrogen-bond donors (Lipinski definition) is 0. The van der Waals surface area contributed by atoms with Gasteiger partial charge in [0.15, 0.2) is 12.1 Å². The summed E-state index contributed by atoms with van der Waals surface area (Å²) in [5.41, 5.74) is 1.36. The van der Waals surface area contributed by atoms with E-state index in [9.17, 15) is 4.79 Å². The van der Waals surface area contributed by atoms with Gasteiger partial charge < -0.3 is 9.47 Å². The maximum Gasteiger partial charge on any atom is 0.157 e. The van der Waals surface area contributed by atoms with Gasteiger partial charge in [0.05, 0.1) is 6.61 Å². The highest BCUT2D eigenvalue weighted by molar-refractivity contribution is 5.88. The minimum atomic E-state index is -0.00427. The van der Waals surface area contributed by atoms with Crippen LogP contribution in [0.3, 0.4) is 0 Å². The summed E-state index contributed by atoms with van der Waals surface area (Å²) in [5.74, 6) is 0.654. The van der Waals surface area contributed by atoms with Crippen LogP contribution in [0.1, 0.15) is 46.5 Å². The van der Waals surface area contributed by atoms with Crippen LogP contribution in [0.4, 0.5) is 0 Å². The average molecular weight is 252 g/mol. The Hall–Kier alpha value is -0.670.